The van der Waals surface area contributed by atoms with Crippen molar-refractivity contribution in [1.29, 1.82) is 0 Å². The van der Waals surface area contributed by atoms with Gasteiger partial charge >= 0.3 is 0 Å². The van der Waals surface area contributed by atoms with Gasteiger partial charge in [-0.25, -0.2) is 0 Å². The smallest absolute Gasteiger partial charge is 0.0764 e. The second kappa shape index (κ2) is 6.27. The molecular formula is C16H28N4. The molecule has 0 atom stereocenters. The lowest BCUT2D eigenvalue weighted by molar-refractivity contribution is 0.188. The van der Waals surface area contributed by atoms with E-state index in [1.807, 2.05) is 0 Å². The fourth-order valence-electron chi connectivity index (χ4n) is 3.14. The van der Waals surface area contributed by atoms with Gasteiger partial charge in [0, 0.05) is 31.4 Å². The minimum Gasteiger partial charge on any atom is -0.317 e. The molecule has 1 saturated heterocycles. The molecule has 4 nitrogen and oxygen atoms in total. The van der Waals surface area contributed by atoms with Crippen molar-refractivity contribution in [2.75, 3.05) is 19.6 Å². The summed E-state index contributed by atoms with van der Waals surface area (Å²) in [5, 5.41) is 8.18. The number of hydrogen-bond donors (Lipinski definition) is 1. The Morgan fingerprint density at radius 3 is 2.65 bits per heavy atom. The first-order valence-corrected chi connectivity index (χ1v) is 8.21. The fourth-order valence-corrected chi connectivity index (χ4v) is 3.14. The predicted molar refractivity (Wildman–Crippen MR) is 81.6 cm³/mol. The van der Waals surface area contributed by atoms with E-state index in [1.165, 1.54) is 51.0 Å². The van der Waals surface area contributed by atoms with Gasteiger partial charge in [0.05, 0.1) is 5.69 Å². The van der Waals surface area contributed by atoms with Gasteiger partial charge in [-0.2, -0.15) is 5.10 Å². The Hall–Kier alpha value is -0.870. The van der Waals surface area contributed by atoms with Crippen LogP contribution in [-0.4, -0.2) is 40.4 Å². The zero-order valence-electron chi connectivity index (χ0n) is 12.9. The van der Waals surface area contributed by atoms with E-state index in [4.69, 9.17) is 5.10 Å². The van der Waals surface area contributed by atoms with Crippen LogP contribution in [0.5, 0.6) is 0 Å². The molecule has 112 valence electrons. The van der Waals surface area contributed by atoms with Gasteiger partial charge in [-0.05, 0) is 64.6 Å². The molecule has 0 radical (unpaired) electrons. The third-order valence-corrected chi connectivity index (χ3v) is 4.57. The third-order valence-electron chi connectivity index (χ3n) is 4.57. The summed E-state index contributed by atoms with van der Waals surface area (Å²) in [6.07, 6.45) is 7.56. The van der Waals surface area contributed by atoms with Crippen molar-refractivity contribution in [2.45, 2.75) is 58.2 Å². The molecule has 4 heteroatoms. The highest BCUT2D eigenvalue weighted by Gasteiger charge is 2.31. The van der Waals surface area contributed by atoms with E-state index in [0.717, 1.165) is 18.5 Å². The summed E-state index contributed by atoms with van der Waals surface area (Å²) in [5.74, 6) is 0.879. The molecule has 1 aliphatic heterocycles. The normalized spacial score (nSPS) is 21.0. The number of hydrogen-bond acceptors (Lipinski definition) is 3. The number of rotatable bonds is 6. The molecule has 0 spiro atoms. The molecular weight excluding hydrogens is 248 g/mol. The summed E-state index contributed by atoms with van der Waals surface area (Å²) in [7, 11) is 0. The van der Waals surface area contributed by atoms with Crippen molar-refractivity contribution in [2.24, 2.45) is 5.92 Å². The van der Waals surface area contributed by atoms with Crippen LogP contribution in [0.15, 0.2) is 12.3 Å². The first-order chi connectivity index (χ1) is 9.72. The van der Waals surface area contributed by atoms with Crippen LogP contribution in [0.25, 0.3) is 0 Å². The zero-order valence-corrected chi connectivity index (χ0v) is 12.9. The Labute approximate surface area is 122 Å². The number of nitrogens with zero attached hydrogens (tertiary/aromatic N) is 3. The van der Waals surface area contributed by atoms with E-state index >= 15 is 0 Å². The van der Waals surface area contributed by atoms with Crippen molar-refractivity contribution in [1.82, 2.24) is 20.0 Å². The predicted octanol–water partition coefficient (Wildman–Crippen LogP) is 2.43. The highest BCUT2D eigenvalue weighted by Crippen LogP contribution is 2.30. The standard InChI is InChI=1S/C16H28N4/c1-13(2)20-10-7-15(18-20)12-19(16-3-4-16)11-14-5-8-17-9-6-14/h7,10,13-14,16-17H,3-6,8-9,11-12H2,1-2H3. The van der Waals surface area contributed by atoms with Gasteiger partial charge in [-0.1, -0.05) is 0 Å². The summed E-state index contributed by atoms with van der Waals surface area (Å²) in [5.41, 5.74) is 1.24. The Kier molecular flexibility index (Phi) is 4.41. The van der Waals surface area contributed by atoms with Gasteiger partial charge < -0.3 is 5.32 Å². The van der Waals surface area contributed by atoms with Crippen LogP contribution in [-0.2, 0) is 6.54 Å². The Bertz CT molecular complexity index is 416. The van der Waals surface area contributed by atoms with Crippen LogP contribution < -0.4 is 5.32 Å². The van der Waals surface area contributed by atoms with Crippen LogP contribution in [0.1, 0.15) is 51.3 Å². The SMILES string of the molecule is CC(C)n1ccc(CN(CC2CCNCC2)C2CC2)n1. The van der Waals surface area contributed by atoms with Gasteiger partial charge in [0.15, 0.2) is 0 Å². The Morgan fingerprint density at radius 2 is 2.05 bits per heavy atom. The van der Waals surface area contributed by atoms with E-state index < -0.39 is 0 Å². The molecule has 3 rings (SSSR count). The molecule has 2 aliphatic rings. The van der Waals surface area contributed by atoms with Crippen LogP contribution in [0, 0.1) is 5.92 Å². The number of nitrogens with one attached hydrogen (secondary N) is 1. The molecule has 1 N–H and O–H groups in total. The fraction of sp³-hybridized carbons (Fsp3) is 0.812. The average Bonchev–Trinajstić information content (AvgIpc) is 3.19. The van der Waals surface area contributed by atoms with E-state index in [0.29, 0.717) is 6.04 Å². The molecule has 20 heavy (non-hydrogen) atoms. The van der Waals surface area contributed by atoms with Gasteiger partial charge in [0.1, 0.15) is 0 Å². The number of piperidine rings is 1. The van der Waals surface area contributed by atoms with Gasteiger partial charge in [0.2, 0.25) is 0 Å². The monoisotopic (exact) mass is 276 g/mol. The quantitative estimate of drug-likeness (QED) is 0.866. The summed E-state index contributed by atoms with van der Waals surface area (Å²) in [6, 6.07) is 3.48. The minimum absolute atomic E-state index is 0.461. The van der Waals surface area contributed by atoms with Crippen molar-refractivity contribution in [3.05, 3.63) is 18.0 Å². The van der Waals surface area contributed by atoms with Crippen molar-refractivity contribution < 1.29 is 0 Å². The largest absolute Gasteiger partial charge is 0.317 e. The molecule has 0 bridgehead atoms. The van der Waals surface area contributed by atoms with Crippen LogP contribution in [0.3, 0.4) is 0 Å². The summed E-state index contributed by atoms with van der Waals surface area (Å²) in [6.45, 7) is 9.07. The topological polar surface area (TPSA) is 33.1 Å². The maximum Gasteiger partial charge on any atom is 0.0764 e. The first-order valence-electron chi connectivity index (χ1n) is 8.21. The van der Waals surface area contributed by atoms with Crippen molar-refractivity contribution in [3.63, 3.8) is 0 Å². The summed E-state index contributed by atoms with van der Waals surface area (Å²) in [4.78, 5) is 2.68. The lowest BCUT2D eigenvalue weighted by atomic mass is 9.97. The van der Waals surface area contributed by atoms with Crippen LogP contribution >= 0.6 is 0 Å². The van der Waals surface area contributed by atoms with E-state index in [-0.39, 0.29) is 0 Å². The van der Waals surface area contributed by atoms with Crippen LogP contribution in [0.4, 0.5) is 0 Å². The van der Waals surface area contributed by atoms with Crippen LogP contribution in [0.2, 0.25) is 0 Å². The zero-order chi connectivity index (χ0) is 13.9. The van der Waals surface area contributed by atoms with Crippen molar-refractivity contribution >= 4 is 0 Å². The maximum atomic E-state index is 4.72. The van der Waals surface area contributed by atoms with E-state index in [1.54, 1.807) is 0 Å². The Morgan fingerprint density at radius 1 is 1.30 bits per heavy atom. The Balaban J connectivity index is 1.58. The molecule has 1 aromatic rings. The first kappa shape index (κ1) is 14.1. The molecule has 1 aromatic heterocycles. The molecule has 2 fully saturated rings. The molecule has 2 heterocycles. The maximum absolute atomic E-state index is 4.72. The van der Waals surface area contributed by atoms with Gasteiger partial charge in [-0.15, -0.1) is 0 Å². The van der Waals surface area contributed by atoms with Crippen molar-refractivity contribution in [3.8, 4) is 0 Å². The third kappa shape index (κ3) is 3.61. The second-order valence-corrected chi connectivity index (χ2v) is 6.73. The van der Waals surface area contributed by atoms with E-state index in [2.05, 4.69) is 41.0 Å². The lowest BCUT2D eigenvalue weighted by Crippen LogP contribution is -2.37. The molecule has 1 saturated carbocycles. The lowest BCUT2D eigenvalue weighted by Gasteiger charge is -2.29. The van der Waals surface area contributed by atoms with Gasteiger partial charge in [-0.3, -0.25) is 9.58 Å². The summed E-state index contributed by atoms with van der Waals surface area (Å²) < 4.78 is 2.07. The number of aromatic nitrogens is 2. The molecule has 0 amide bonds. The minimum atomic E-state index is 0.461. The molecule has 0 aromatic carbocycles. The second-order valence-electron chi connectivity index (χ2n) is 6.73. The average molecular weight is 276 g/mol. The van der Waals surface area contributed by atoms with E-state index in [9.17, 15) is 0 Å². The highest BCUT2D eigenvalue weighted by atomic mass is 15.3. The molecule has 1 aliphatic carbocycles. The summed E-state index contributed by atoms with van der Waals surface area (Å²) >= 11 is 0. The highest BCUT2D eigenvalue weighted by molar-refractivity contribution is 5.01. The van der Waals surface area contributed by atoms with Gasteiger partial charge in [0.25, 0.3) is 0 Å². The molecule has 0 unspecified atom stereocenters.